The zero-order chi connectivity index (χ0) is 23.5. The van der Waals surface area contributed by atoms with Gasteiger partial charge < -0.3 is 4.57 Å². The van der Waals surface area contributed by atoms with Crippen LogP contribution < -0.4 is 0 Å². The molecular formula is C23H13N7S3. The van der Waals surface area contributed by atoms with Gasteiger partial charge in [-0.3, -0.25) is 0 Å². The first-order chi connectivity index (χ1) is 16.0. The zero-order valence-electron chi connectivity index (χ0n) is 17.4. The summed E-state index contributed by atoms with van der Waals surface area (Å²) >= 11 is 4.52. The molecule has 4 aromatic rings. The molecule has 0 aliphatic rings. The summed E-state index contributed by atoms with van der Waals surface area (Å²) in [6.45, 7) is 18.3. The third kappa shape index (κ3) is 4.32. The predicted octanol–water partition coefficient (Wildman–Crippen LogP) is 7.10. The summed E-state index contributed by atoms with van der Waals surface area (Å²) in [6, 6.07) is 8.16. The van der Waals surface area contributed by atoms with Crippen molar-refractivity contribution in [1.29, 1.82) is 10.5 Å². The van der Waals surface area contributed by atoms with E-state index in [-0.39, 0.29) is 17.4 Å². The van der Waals surface area contributed by atoms with E-state index in [4.69, 9.17) is 23.7 Å². The molecular weight excluding hydrogens is 471 g/mol. The van der Waals surface area contributed by atoms with Crippen LogP contribution in [0.4, 0.5) is 0 Å². The molecule has 0 aliphatic heterocycles. The van der Waals surface area contributed by atoms with Gasteiger partial charge in [0.05, 0.1) is 46.1 Å². The van der Waals surface area contributed by atoms with Gasteiger partial charge in [-0.1, -0.05) is 0 Å². The minimum absolute atomic E-state index is 0.0333. The Hall–Kier alpha value is -4.06. The van der Waals surface area contributed by atoms with Gasteiger partial charge in [-0.05, 0) is 38.1 Å². The monoisotopic (exact) mass is 483 g/mol. The van der Waals surface area contributed by atoms with Crippen molar-refractivity contribution in [3.8, 4) is 32.7 Å². The van der Waals surface area contributed by atoms with E-state index >= 15 is 0 Å². The molecule has 0 atom stereocenters. The van der Waals surface area contributed by atoms with Crippen LogP contribution in [0.3, 0.4) is 0 Å². The normalized spacial score (nSPS) is 11.8. The molecule has 10 heteroatoms. The quantitative estimate of drug-likeness (QED) is 0.224. The second-order valence-electron chi connectivity index (χ2n) is 7.00. The summed E-state index contributed by atoms with van der Waals surface area (Å²) in [4.78, 5) is 18.0. The molecule has 7 nitrogen and oxygen atoms in total. The molecule has 0 aliphatic carbocycles. The van der Waals surface area contributed by atoms with Crippen molar-refractivity contribution in [3.05, 3.63) is 68.5 Å². The van der Waals surface area contributed by atoms with E-state index in [1.165, 1.54) is 22.7 Å². The number of fused-ring (bicyclic) bond motifs is 1. The van der Waals surface area contributed by atoms with Crippen molar-refractivity contribution in [2.45, 2.75) is 19.9 Å². The fourth-order valence-corrected chi connectivity index (χ4v) is 6.09. The largest absolute Gasteiger partial charge is 0.335 e. The number of nitrogens with zero attached hydrogens (tertiary/aromatic N) is 7. The second-order valence-corrected chi connectivity index (χ2v) is 10.2. The summed E-state index contributed by atoms with van der Waals surface area (Å²) in [6.07, 6.45) is 6.46. The number of hydrogen-bond acceptors (Lipinski definition) is 7. The molecule has 0 saturated heterocycles. The molecule has 0 radical (unpaired) electrons. The van der Waals surface area contributed by atoms with Crippen molar-refractivity contribution < 1.29 is 0 Å². The third-order valence-electron chi connectivity index (χ3n) is 4.55. The Bertz CT molecular complexity index is 1560. The van der Waals surface area contributed by atoms with E-state index in [1.54, 1.807) is 35.9 Å². The topological polar surface area (TPSA) is 87.0 Å². The van der Waals surface area contributed by atoms with Crippen LogP contribution in [-0.4, -0.2) is 14.5 Å². The maximum absolute atomic E-state index is 9.00. The van der Waals surface area contributed by atoms with Crippen LogP contribution in [0.5, 0.6) is 0 Å². The molecule has 0 amide bonds. The van der Waals surface area contributed by atoms with Gasteiger partial charge in [0.25, 0.3) is 11.4 Å². The fraction of sp³-hybridized carbons (Fsp3) is 0.130. The molecule has 158 valence electrons. The zero-order valence-corrected chi connectivity index (χ0v) is 19.8. The summed E-state index contributed by atoms with van der Waals surface area (Å²) in [5.74, 6) is 0. The highest BCUT2D eigenvalue weighted by Gasteiger charge is 2.19. The molecule has 0 saturated carbocycles. The molecule has 4 aromatic heterocycles. The lowest BCUT2D eigenvalue weighted by molar-refractivity contribution is 0.629. The maximum atomic E-state index is 9.00. The van der Waals surface area contributed by atoms with E-state index in [0.717, 1.165) is 40.6 Å². The number of thiophene rings is 1. The average molecular weight is 484 g/mol. The highest BCUT2D eigenvalue weighted by Crippen LogP contribution is 2.42. The molecule has 0 spiro atoms. The van der Waals surface area contributed by atoms with Crippen molar-refractivity contribution in [3.63, 3.8) is 0 Å². The van der Waals surface area contributed by atoms with Gasteiger partial charge in [-0.15, -0.1) is 34.0 Å². The van der Waals surface area contributed by atoms with E-state index in [2.05, 4.69) is 50.2 Å². The maximum Gasteiger partial charge on any atom is 0.263 e. The fourth-order valence-electron chi connectivity index (χ4n) is 3.22. The van der Waals surface area contributed by atoms with E-state index < -0.39 is 0 Å². The standard InChI is InChI=1S/C23H13N7S3/c1-13(2)30-18-7-21(23-29-12-17(32-23)6-15(10-25)27-4)33-20(18)8-19(30)22-28-11-16(31-22)5-14(9-24)26-3/h5-8,11-13H,1-2H3/b14-5-,15-6+. The van der Waals surface area contributed by atoms with Gasteiger partial charge in [0.15, 0.2) is 0 Å². The Morgan fingerprint density at radius 2 is 1.55 bits per heavy atom. The molecule has 0 unspecified atom stereocenters. The van der Waals surface area contributed by atoms with Crippen LogP contribution in [0.25, 0.3) is 52.6 Å². The molecule has 4 heterocycles. The first-order valence-electron chi connectivity index (χ1n) is 9.53. The van der Waals surface area contributed by atoms with Crippen molar-refractivity contribution >= 4 is 56.4 Å². The average Bonchev–Trinajstić information content (AvgIpc) is 3.58. The second kappa shape index (κ2) is 9.20. The van der Waals surface area contributed by atoms with E-state index in [1.807, 2.05) is 12.1 Å². The number of rotatable bonds is 5. The number of nitriles is 2. The summed E-state index contributed by atoms with van der Waals surface area (Å²) in [7, 11) is 0. The SMILES string of the molecule is [C-]#[N+]/C(C#N)=C\c1cnc(-c2cc3sc(-c4ncc(/C=C(\C#N)[N+]#[C-])s4)cc3n2C(C)C)s1. The highest BCUT2D eigenvalue weighted by atomic mass is 32.1. The molecule has 0 bridgehead atoms. The number of allylic oxidation sites excluding steroid dienone is 2. The minimum Gasteiger partial charge on any atom is -0.335 e. The molecule has 0 fully saturated rings. The van der Waals surface area contributed by atoms with Crippen molar-refractivity contribution in [2.75, 3.05) is 0 Å². The van der Waals surface area contributed by atoms with Crippen LogP contribution in [0, 0.1) is 35.8 Å². The van der Waals surface area contributed by atoms with Gasteiger partial charge >= 0.3 is 0 Å². The molecule has 4 rings (SSSR count). The summed E-state index contributed by atoms with van der Waals surface area (Å²) in [5.41, 5.74) is 2.14. The van der Waals surface area contributed by atoms with Gasteiger partial charge in [0.1, 0.15) is 10.0 Å². The Morgan fingerprint density at radius 3 is 2.09 bits per heavy atom. The Balaban J connectivity index is 1.74. The first-order valence-corrected chi connectivity index (χ1v) is 12.0. The molecule has 0 N–H and O–H groups in total. The Kier molecular flexibility index (Phi) is 6.18. The lowest BCUT2D eigenvalue weighted by atomic mass is 10.3. The Morgan fingerprint density at radius 1 is 0.970 bits per heavy atom. The van der Waals surface area contributed by atoms with Crippen LogP contribution in [0.1, 0.15) is 29.6 Å². The predicted molar refractivity (Wildman–Crippen MR) is 133 cm³/mol. The van der Waals surface area contributed by atoms with Gasteiger partial charge in [-0.2, -0.15) is 0 Å². The van der Waals surface area contributed by atoms with Gasteiger partial charge in [0, 0.05) is 28.2 Å². The highest BCUT2D eigenvalue weighted by molar-refractivity contribution is 7.26. The molecule has 33 heavy (non-hydrogen) atoms. The Labute approximate surface area is 202 Å². The van der Waals surface area contributed by atoms with Gasteiger partial charge in [-0.25, -0.2) is 30.2 Å². The van der Waals surface area contributed by atoms with Crippen LogP contribution in [0.15, 0.2) is 35.9 Å². The minimum atomic E-state index is 0.0333. The molecule has 0 aromatic carbocycles. The lowest BCUT2D eigenvalue weighted by Crippen LogP contribution is -2.01. The number of thiazole rings is 2. The smallest absolute Gasteiger partial charge is 0.263 e. The van der Waals surface area contributed by atoms with Crippen LogP contribution in [-0.2, 0) is 0 Å². The number of aromatic nitrogens is 3. The lowest BCUT2D eigenvalue weighted by Gasteiger charge is -2.12. The van der Waals surface area contributed by atoms with Crippen molar-refractivity contribution in [1.82, 2.24) is 14.5 Å². The summed E-state index contributed by atoms with van der Waals surface area (Å²) in [5, 5.41) is 19.6. The van der Waals surface area contributed by atoms with Crippen LogP contribution in [0.2, 0.25) is 0 Å². The van der Waals surface area contributed by atoms with Crippen molar-refractivity contribution in [2.24, 2.45) is 0 Å². The van der Waals surface area contributed by atoms with E-state index in [9.17, 15) is 0 Å². The van der Waals surface area contributed by atoms with E-state index in [0.29, 0.717) is 0 Å². The van der Waals surface area contributed by atoms with Gasteiger partial charge in [0.2, 0.25) is 0 Å². The first kappa shape index (κ1) is 22.1. The third-order valence-corrected chi connectivity index (χ3v) is 7.70. The summed E-state index contributed by atoms with van der Waals surface area (Å²) < 4.78 is 3.33. The number of hydrogen-bond donors (Lipinski definition) is 0. The van der Waals surface area contributed by atoms with Crippen LogP contribution >= 0.6 is 34.0 Å².